The lowest BCUT2D eigenvalue weighted by atomic mass is 10.0. The fourth-order valence-electron chi connectivity index (χ4n) is 1.34. The van der Waals surface area contributed by atoms with Crippen molar-refractivity contribution in [1.29, 1.82) is 0 Å². The maximum absolute atomic E-state index is 10.2. The van der Waals surface area contributed by atoms with Crippen molar-refractivity contribution in [2.75, 3.05) is 26.8 Å². The van der Waals surface area contributed by atoms with Crippen molar-refractivity contribution >= 4 is 11.3 Å². The number of thiophene rings is 1. The number of hydrogen-bond acceptors (Lipinski definition) is 4. The average molecular weight is 229 g/mol. The fourth-order valence-corrected chi connectivity index (χ4v) is 2.16. The Kier molecular flexibility index (Phi) is 5.25. The summed E-state index contributed by atoms with van der Waals surface area (Å²) in [5.74, 6) is 0. The zero-order valence-electron chi connectivity index (χ0n) is 9.32. The van der Waals surface area contributed by atoms with E-state index >= 15 is 0 Å². The molecule has 0 fully saturated rings. The fraction of sp³-hybridized carbons (Fsp3) is 0.636. The van der Waals surface area contributed by atoms with Crippen molar-refractivity contribution < 1.29 is 9.84 Å². The van der Waals surface area contributed by atoms with Crippen molar-refractivity contribution in [3.63, 3.8) is 0 Å². The van der Waals surface area contributed by atoms with Gasteiger partial charge in [0.15, 0.2) is 0 Å². The molecule has 1 unspecified atom stereocenters. The lowest BCUT2D eigenvalue weighted by Gasteiger charge is -2.21. The van der Waals surface area contributed by atoms with Gasteiger partial charge < -0.3 is 15.2 Å². The molecule has 0 aliphatic heterocycles. The molecule has 1 atom stereocenters. The Balaban J connectivity index is 2.25. The minimum absolute atomic E-state index is 0.709. The summed E-state index contributed by atoms with van der Waals surface area (Å²) >= 11 is 1.60. The summed E-state index contributed by atoms with van der Waals surface area (Å²) in [6, 6.07) is 3.94. The van der Waals surface area contributed by atoms with Crippen molar-refractivity contribution in [1.82, 2.24) is 5.32 Å². The molecule has 1 rings (SSSR count). The van der Waals surface area contributed by atoms with Gasteiger partial charge in [-0.3, -0.25) is 0 Å². The van der Waals surface area contributed by atoms with Gasteiger partial charge in [-0.1, -0.05) is 6.07 Å². The first-order valence-electron chi connectivity index (χ1n) is 5.13. The third-order valence-corrected chi connectivity index (χ3v) is 3.45. The summed E-state index contributed by atoms with van der Waals surface area (Å²) in [4.78, 5) is 1.02. The van der Waals surface area contributed by atoms with E-state index in [1.165, 1.54) is 0 Å². The molecule has 15 heavy (non-hydrogen) atoms. The highest BCUT2D eigenvalue weighted by Gasteiger charge is 2.23. The van der Waals surface area contributed by atoms with Gasteiger partial charge in [-0.25, -0.2) is 0 Å². The monoisotopic (exact) mass is 229 g/mol. The molecule has 1 heterocycles. The molecule has 0 bridgehead atoms. The summed E-state index contributed by atoms with van der Waals surface area (Å²) < 4.78 is 4.92. The standard InChI is InChI=1S/C11H19NO2S/c1-11(13,10-4-3-9-15-10)5-6-12-7-8-14-2/h3-4,9,12-13H,5-8H2,1-2H3. The zero-order valence-corrected chi connectivity index (χ0v) is 10.1. The summed E-state index contributed by atoms with van der Waals surface area (Å²) in [5.41, 5.74) is -0.714. The zero-order chi connectivity index (χ0) is 11.1. The van der Waals surface area contributed by atoms with E-state index in [9.17, 15) is 5.11 Å². The highest BCUT2D eigenvalue weighted by atomic mass is 32.1. The summed E-state index contributed by atoms with van der Waals surface area (Å²) in [7, 11) is 1.68. The minimum atomic E-state index is -0.714. The Morgan fingerprint density at radius 1 is 1.53 bits per heavy atom. The summed E-state index contributed by atoms with van der Waals surface area (Å²) in [6.45, 7) is 4.20. The lowest BCUT2D eigenvalue weighted by Crippen LogP contribution is -2.28. The van der Waals surface area contributed by atoms with Gasteiger partial charge in [-0.15, -0.1) is 11.3 Å². The largest absolute Gasteiger partial charge is 0.385 e. The molecule has 4 heteroatoms. The van der Waals surface area contributed by atoms with Crippen molar-refractivity contribution in [3.8, 4) is 0 Å². The maximum atomic E-state index is 10.2. The van der Waals surface area contributed by atoms with E-state index in [0.717, 1.165) is 24.4 Å². The van der Waals surface area contributed by atoms with Crippen LogP contribution >= 0.6 is 11.3 Å². The quantitative estimate of drug-likeness (QED) is 0.698. The van der Waals surface area contributed by atoms with Crippen LogP contribution in [0.4, 0.5) is 0 Å². The second-order valence-electron chi connectivity index (χ2n) is 3.74. The average Bonchev–Trinajstić information content (AvgIpc) is 2.70. The van der Waals surface area contributed by atoms with Crippen molar-refractivity contribution in [2.24, 2.45) is 0 Å². The Labute approximate surface area is 95.1 Å². The Bertz CT molecular complexity index is 260. The van der Waals surface area contributed by atoms with E-state index in [2.05, 4.69) is 5.32 Å². The minimum Gasteiger partial charge on any atom is -0.385 e. The molecule has 0 aromatic carbocycles. The molecular weight excluding hydrogens is 210 g/mol. The molecule has 0 radical (unpaired) electrons. The molecule has 0 aliphatic rings. The van der Waals surface area contributed by atoms with Crippen LogP contribution in [0.25, 0.3) is 0 Å². The van der Waals surface area contributed by atoms with Gasteiger partial charge in [0, 0.05) is 18.5 Å². The molecule has 0 saturated heterocycles. The van der Waals surface area contributed by atoms with Crippen LogP contribution in [0.1, 0.15) is 18.2 Å². The number of ether oxygens (including phenoxy) is 1. The molecule has 1 aromatic rings. The molecular formula is C11H19NO2S. The van der Waals surface area contributed by atoms with Crippen LogP contribution in [0.3, 0.4) is 0 Å². The number of methoxy groups -OCH3 is 1. The second-order valence-corrected chi connectivity index (χ2v) is 4.69. The van der Waals surface area contributed by atoms with E-state index in [-0.39, 0.29) is 0 Å². The topological polar surface area (TPSA) is 41.5 Å². The van der Waals surface area contributed by atoms with Crippen molar-refractivity contribution in [3.05, 3.63) is 22.4 Å². The molecule has 3 nitrogen and oxygen atoms in total. The Morgan fingerprint density at radius 2 is 2.33 bits per heavy atom. The third kappa shape index (κ3) is 4.30. The third-order valence-electron chi connectivity index (χ3n) is 2.32. The van der Waals surface area contributed by atoms with Gasteiger partial charge in [0.05, 0.1) is 12.2 Å². The van der Waals surface area contributed by atoms with Gasteiger partial charge in [0.1, 0.15) is 0 Å². The van der Waals surface area contributed by atoms with E-state index in [4.69, 9.17) is 4.74 Å². The normalized spacial score (nSPS) is 15.1. The van der Waals surface area contributed by atoms with Crippen molar-refractivity contribution in [2.45, 2.75) is 18.9 Å². The summed E-state index contributed by atoms with van der Waals surface area (Å²) in [5, 5.41) is 15.4. The van der Waals surface area contributed by atoms with Crippen LogP contribution < -0.4 is 5.32 Å². The molecule has 0 saturated carbocycles. The lowest BCUT2D eigenvalue weighted by molar-refractivity contribution is 0.0513. The Hall–Kier alpha value is -0.420. The number of aliphatic hydroxyl groups is 1. The van der Waals surface area contributed by atoms with E-state index < -0.39 is 5.60 Å². The maximum Gasteiger partial charge on any atom is 0.0971 e. The van der Waals surface area contributed by atoms with Gasteiger partial charge in [-0.2, -0.15) is 0 Å². The van der Waals surface area contributed by atoms with Crippen LogP contribution in [-0.2, 0) is 10.3 Å². The number of hydrogen-bond donors (Lipinski definition) is 2. The molecule has 0 spiro atoms. The molecule has 0 amide bonds. The predicted molar refractivity (Wildman–Crippen MR) is 63.3 cm³/mol. The highest BCUT2D eigenvalue weighted by molar-refractivity contribution is 7.10. The van der Waals surface area contributed by atoms with Crippen LogP contribution in [0.2, 0.25) is 0 Å². The van der Waals surface area contributed by atoms with E-state index in [1.807, 2.05) is 24.4 Å². The first kappa shape index (κ1) is 12.6. The first-order chi connectivity index (χ1) is 7.17. The van der Waals surface area contributed by atoms with E-state index in [1.54, 1.807) is 18.4 Å². The smallest absolute Gasteiger partial charge is 0.0971 e. The van der Waals surface area contributed by atoms with Gasteiger partial charge >= 0.3 is 0 Å². The first-order valence-corrected chi connectivity index (χ1v) is 6.01. The molecule has 86 valence electrons. The number of nitrogens with one attached hydrogen (secondary N) is 1. The predicted octanol–water partition coefficient (Wildman–Crippen LogP) is 1.58. The summed E-state index contributed by atoms with van der Waals surface area (Å²) in [6.07, 6.45) is 0.719. The van der Waals surface area contributed by atoms with Crippen LogP contribution in [0, 0.1) is 0 Å². The van der Waals surface area contributed by atoms with E-state index in [0.29, 0.717) is 6.61 Å². The van der Waals surface area contributed by atoms with Crippen LogP contribution in [0.5, 0.6) is 0 Å². The highest BCUT2D eigenvalue weighted by Crippen LogP contribution is 2.27. The van der Waals surface area contributed by atoms with Gasteiger partial charge in [-0.05, 0) is 31.3 Å². The second kappa shape index (κ2) is 6.23. The molecule has 1 aromatic heterocycles. The molecule has 0 aliphatic carbocycles. The van der Waals surface area contributed by atoms with Gasteiger partial charge in [0.2, 0.25) is 0 Å². The van der Waals surface area contributed by atoms with Crippen LogP contribution in [0.15, 0.2) is 17.5 Å². The number of rotatable bonds is 7. The van der Waals surface area contributed by atoms with Gasteiger partial charge in [0.25, 0.3) is 0 Å². The Morgan fingerprint density at radius 3 is 2.93 bits per heavy atom. The molecule has 2 N–H and O–H groups in total. The SMILES string of the molecule is COCCNCCC(C)(O)c1cccs1. The van der Waals surface area contributed by atoms with Crippen LogP contribution in [-0.4, -0.2) is 31.9 Å².